The average Bonchev–Trinajstić information content (AvgIpc) is 3.09. The molecular weight excluding hydrogens is 310 g/mol. The zero-order chi connectivity index (χ0) is 15.8. The number of benzene rings is 1. The van der Waals surface area contributed by atoms with Crippen molar-refractivity contribution < 1.29 is 4.79 Å². The minimum absolute atomic E-state index is 0.129. The van der Waals surface area contributed by atoms with Crippen LogP contribution < -0.4 is 4.90 Å². The van der Waals surface area contributed by atoms with Gasteiger partial charge >= 0.3 is 0 Å². The molecule has 1 aromatic carbocycles. The van der Waals surface area contributed by atoms with Gasteiger partial charge in [0.05, 0.1) is 11.3 Å². The van der Waals surface area contributed by atoms with Crippen molar-refractivity contribution in [2.75, 3.05) is 18.0 Å². The number of Topliss-reactive ketones (excluding diaryl/α,β-unsaturated/α-hetero) is 1. The SMILES string of the molecule is O=C1C[C@H](c2cccc(Cl)c2)Cc2nc(N3CCCC3)ncc21. The lowest BCUT2D eigenvalue weighted by Crippen LogP contribution is -2.25. The van der Waals surface area contributed by atoms with Crippen molar-refractivity contribution in [2.24, 2.45) is 0 Å². The topological polar surface area (TPSA) is 46.1 Å². The maximum Gasteiger partial charge on any atom is 0.225 e. The molecule has 0 unspecified atom stereocenters. The Morgan fingerprint density at radius 1 is 1.17 bits per heavy atom. The molecule has 1 atom stereocenters. The molecule has 1 fully saturated rings. The summed E-state index contributed by atoms with van der Waals surface area (Å²) in [6, 6.07) is 7.79. The maximum atomic E-state index is 12.5. The van der Waals surface area contributed by atoms with Gasteiger partial charge in [0, 0.05) is 30.7 Å². The predicted molar refractivity (Wildman–Crippen MR) is 90.3 cm³/mol. The third kappa shape index (κ3) is 2.83. The van der Waals surface area contributed by atoms with Crippen LogP contribution in [0.5, 0.6) is 0 Å². The van der Waals surface area contributed by atoms with Crippen molar-refractivity contribution in [3.05, 3.63) is 52.3 Å². The Labute approximate surface area is 140 Å². The predicted octanol–water partition coefficient (Wildman–Crippen LogP) is 3.64. The summed E-state index contributed by atoms with van der Waals surface area (Å²) in [5.74, 6) is 1.04. The molecule has 2 heterocycles. The van der Waals surface area contributed by atoms with Gasteiger partial charge in [0.2, 0.25) is 5.95 Å². The van der Waals surface area contributed by atoms with Crippen molar-refractivity contribution in [3.63, 3.8) is 0 Å². The Balaban J connectivity index is 1.66. The summed E-state index contributed by atoms with van der Waals surface area (Å²) < 4.78 is 0. The molecule has 1 aromatic heterocycles. The summed E-state index contributed by atoms with van der Waals surface area (Å²) in [5, 5.41) is 0.709. The highest BCUT2D eigenvalue weighted by Gasteiger charge is 2.29. The third-order valence-corrected chi connectivity index (χ3v) is 4.97. The van der Waals surface area contributed by atoms with Crippen molar-refractivity contribution >= 4 is 23.3 Å². The summed E-state index contributed by atoms with van der Waals surface area (Å²) in [5.41, 5.74) is 2.67. The summed E-state index contributed by atoms with van der Waals surface area (Å²) >= 11 is 6.09. The first-order valence-corrected chi connectivity index (χ1v) is 8.48. The van der Waals surface area contributed by atoms with E-state index in [1.807, 2.05) is 24.3 Å². The van der Waals surface area contributed by atoms with Gasteiger partial charge in [0.1, 0.15) is 0 Å². The molecule has 0 spiro atoms. The lowest BCUT2D eigenvalue weighted by molar-refractivity contribution is 0.0962. The second-order valence-electron chi connectivity index (χ2n) is 6.31. The molecule has 0 bridgehead atoms. The van der Waals surface area contributed by atoms with Gasteiger partial charge in [-0.25, -0.2) is 9.97 Å². The molecule has 4 rings (SSSR count). The smallest absolute Gasteiger partial charge is 0.225 e. The molecule has 0 radical (unpaired) electrons. The minimum Gasteiger partial charge on any atom is -0.341 e. The van der Waals surface area contributed by atoms with E-state index in [-0.39, 0.29) is 11.7 Å². The van der Waals surface area contributed by atoms with Crippen LogP contribution in [0.15, 0.2) is 30.5 Å². The average molecular weight is 328 g/mol. The molecule has 0 amide bonds. The van der Waals surface area contributed by atoms with Gasteiger partial charge in [-0.15, -0.1) is 0 Å². The van der Waals surface area contributed by atoms with Gasteiger partial charge in [0.25, 0.3) is 0 Å². The van der Waals surface area contributed by atoms with E-state index >= 15 is 0 Å². The van der Waals surface area contributed by atoms with E-state index in [0.717, 1.165) is 36.7 Å². The van der Waals surface area contributed by atoms with Gasteiger partial charge in [-0.3, -0.25) is 4.79 Å². The van der Waals surface area contributed by atoms with E-state index in [4.69, 9.17) is 16.6 Å². The van der Waals surface area contributed by atoms with Gasteiger partial charge in [-0.2, -0.15) is 0 Å². The van der Waals surface area contributed by atoms with Crippen molar-refractivity contribution in [3.8, 4) is 0 Å². The van der Waals surface area contributed by atoms with E-state index in [9.17, 15) is 4.79 Å². The zero-order valence-corrected chi connectivity index (χ0v) is 13.6. The molecule has 5 heteroatoms. The summed E-state index contributed by atoms with van der Waals surface area (Å²) in [4.78, 5) is 23.8. The normalized spacial score (nSPS) is 20.7. The number of ketones is 1. The first kappa shape index (κ1) is 14.6. The monoisotopic (exact) mass is 327 g/mol. The summed E-state index contributed by atoms with van der Waals surface area (Å²) in [6.07, 6.45) is 5.35. The quantitative estimate of drug-likeness (QED) is 0.844. The number of carbonyl (C=O) groups is 1. The molecule has 2 aliphatic rings. The highest BCUT2D eigenvalue weighted by Crippen LogP contribution is 2.33. The van der Waals surface area contributed by atoms with Crippen LogP contribution in [0.1, 0.15) is 46.8 Å². The first-order valence-electron chi connectivity index (χ1n) is 8.10. The van der Waals surface area contributed by atoms with E-state index < -0.39 is 0 Å². The van der Waals surface area contributed by atoms with Gasteiger partial charge in [0.15, 0.2) is 5.78 Å². The number of carbonyl (C=O) groups excluding carboxylic acids is 1. The third-order valence-electron chi connectivity index (χ3n) is 4.74. The highest BCUT2D eigenvalue weighted by atomic mass is 35.5. The highest BCUT2D eigenvalue weighted by molar-refractivity contribution is 6.30. The summed E-state index contributed by atoms with van der Waals surface area (Å²) in [6.45, 7) is 2.01. The second kappa shape index (κ2) is 5.93. The lowest BCUT2D eigenvalue weighted by Gasteiger charge is -2.24. The van der Waals surface area contributed by atoms with Gasteiger partial charge < -0.3 is 4.90 Å². The van der Waals surface area contributed by atoms with E-state index in [1.54, 1.807) is 6.20 Å². The Morgan fingerprint density at radius 2 is 2.00 bits per heavy atom. The Kier molecular flexibility index (Phi) is 3.77. The number of hydrogen-bond acceptors (Lipinski definition) is 4. The lowest BCUT2D eigenvalue weighted by atomic mass is 9.82. The molecular formula is C18H18ClN3O. The van der Waals surface area contributed by atoms with E-state index in [2.05, 4.69) is 9.88 Å². The molecule has 0 N–H and O–H groups in total. The van der Waals surface area contributed by atoms with Crippen molar-refractivity contribution in [2.45, 2.75) is 31.6 Å². The van der Waals surface area contributed by atoms with Crippen LogP contribution in [0.3, 0.4) is 0 Å². The first-order chi connectivity index (χ1) is 11.2. The van der Waals surface area contributed by atoms with Crippen molar-refractivity contribution in [1.82, 2.24) is 9.97 Å². The van der Waals surface area contributed by atoms with E-state index in [1.165, 1.54) is 12.8 Å². The minimum atomic E-state index is 0.129. The Bertz CT molecular complexity index is 756. The second-order valence-corrected chi connectivity index (χ2v) is 6.74. The largest absolute Gasteiger partial charge is 0.341 e. The van der Waals surface area contributed by atoms with Crippen molar-refractivity contribution in [1.29, 1.82) is 0 Å². The fourth-order valence-electron chi connectivity index (χ4n) is 3.50. The van der Waals surface area contributed by atoms with Crippen LogP contribution in [-0.2, 0) is 6.42 Å². The molecule has 2 aromatic rings. The van der Waals surface area contributed by atoms with Crippen LogP contribution in [0, 0.1) is 0 Å². The fourth-order valence-corrected chi connectivity index (χ4v) is 3.70. The molecule has 23 heavy (non-hydrogen) atoms. The van der Waals surface area contributed by atoms with Crippen LogP contribution in [0.25, 0.3) is 0 Å². The zero-order valence-electron chi connectivity index (χ0n) is 12.8. The number of nitrogens with zero attached hydrogens (tertiary/aromatic N) is 3. The molecule has 1 aliphatic heterocycles. The number of halogens is 1. The fraction of sp³-hybridized carbons (Fsp3) is 0.389. The number of fused-ring (bicyclic) bond motifs is 1. The number of rotatable bonds is 2. The standard InChI is InChI=1S/C18H18ClN3O/c19-14-5-3-4-12(8-14)13-9-16-15(17(23)10-13)11-20-18(21-16)22-6-1-2-7-22/h3-5,8,11,13H,1-2,6-7,9-10H2/t13-/m1/s1. The maximum absolute atomic E-state index is 12.5. The molecule has 118 valence electrons. The van der Waals surface area contributed by atoms with Crippen LogP contribution in [0.2, 0.25) is 5.02 Å². The van der Waals surface area contributed by atoms with Crippen LogP contribution in [-0.4, -0.2) is 28.8 Å². The molecule has 4 nitrogen and oxygen atoms in total. The number of aromatic nitrogens is 2. The van der Waals surface area contributed by atoms with E-state index in [0.29, 0.717) is 17.0 Å². The Morgan fingerprint density at radius 3 is 2.78 bits per heavy atom. The molecule has 1 saturated heterocycles. The Hall–Kier alpha value is -1.94. The number of anilines is 1. The molecule has 1 aliphatic carbocycles. The number of hydrogen-bond donors (Lipinski definition) is 0. The van der Waals surface area contributed by atoms with Crippen LogP contribution in [0.4, 0.5) is 5.95 Å². The van der Waals surface area contributed by atoms with Gasteiger partial charge in [-0.05, 0) is 42.9 Å². The molecule has 0 saturated carbocycles. The van der Waals surface area contributed by atoms with Gasteiger partial charge in [-0.1, -0.05) is 23.7 Å². The van der Waals surface area contributed by atoms with Crippen LogP contribution >= 0.6 is 11.6 Å². The summed E-state index contributed by atoms with van der Waals surface area (Å²) in [7, 11) is 0.